The maximum Gasteiger partial charge on any atom is 0.0682 e. The van der Waals surface area contributed by atoms with Crippen LogP contribution in [-0.2, 0) is 0 Å². The standard InChI is InChI=1S/C10H21NO/c1-8-5-9(12)6-11(8)7-10(2,3)4/h8-9,12H,5-7H2,1-4H3/t8-,9-/m1/s1. The first-order valence-corrected chi connectivity index (χ1v) is 4.80. The van der Waals surface area contributed by atoms with Gasteiger partial charge in [-0.15, -0.1) is 0 Å². The van der Waals surface area contributed by atoms with Gasteiger partial charge in [-0.25, -0.2) is 0 Å². The average molecular weight is 171 g/mol. The van der Waals surface area contributed by atoms with Crippen molar-refractivity contribution in [1.82, 2.24) is 4.90 Å². The van der Waals surface area contributed by atoms with E-state index in [0.29, 0.717) is 11.5 Å². The van der Waals surface area contributed by atoms with Crippen molar-refractivity contribution in [3.63, 3.8) is 0 Å². The van der Waals surface area contributed by atoms with Gasteiger partial charge in [0.25, 0.3) is 0 Å². The lowest BCUT2D eigenvalue weighted by molar-refractivity contribution is 0.151. The summed E-state index contributed by atoms with van der Waals surface area (Å²) in [6.07, 6.45) is 0.846. The third-order valence-corrected chi connectivity index (χ3v) is 2.36. The molecule has 0 aromatic heterocycles. The van der Waals surface area contributed by atoms with E-state index in [9.17, 15) is 5.11 Å². The largest absolute Gasteiger partial charge is 0.392 e. The molecule has 0 radical (unpaired) electrons. The molecule has 0 aliphatic carbocycles. The zero-order chi connectivity index (χ0) is 9.35. The Morgan fingerprint density at radius 3 is 2.33 bits per heavy atom. The third-order valence-electron chi connectivity index (χ3n) is 2.36. The highest BCUT2D eigenvalue weighted by molar-refractivity contribution is 4.84. The zero-order valence-electron chi connectivity index (χ0n) is 8.67. The van der Waals surface area contributed by atoms with E-state index in [1.165, 1.54) is 0 Å². The first-order valence-electron chi connectivity index (χ1n) is 4.80. The first-order chi connectivity index (χ1) is 5.38. The fraction of sp³-hybridized carbons (Fsp3) is 1.00. The monoisotopic (exact) mass is 171 g/mol. The molecule has 0 amide bonds. The molecule has 0 spiro atoms. The number of β-amino-alcohol motifs (C(OH)–C–C–N with tert-alkyl or cyclic N) is 1. The number of rotatable bonds is 1. The first kappa shape index (κ1) is 10.0. The summed E-state index contributed by atoms with van der Waals surface area (Å²) in [6, 6.07) is 0.555. The molecule has 0 bridgehead atoms. The quantitative estimate of drug-likeness (QED) is 0.646. The van der Waals surface area contributed by atoms with Gasteiger partial charge in [-0.05, 0) is 18.8 Å². The Bertz CT molecular complexity index is 150. The Morgan fingerprint density at radius 2 is 2.00 bits per heavy atom. The van der Waals surface area contributed by atoms with Crippen LogP contribution in [0.25, 0.3) is 0 Å². The third kappa shape index (κ3) is 2.76. The van der Waals surface area contributed by atoms with E-state index in [2.05, 4.69) is 32.6 Å². The van der Waals surface area contributed by atoms with Crippen LogP contribution in [0.15, 0.2) is 0 Å². The molecule has 12 heavy (non-hydrogen) atoms. The molecule has 72 valence electrons. The van der Waals surface area contributed by atoms with Crippen LogP contribution >= 0.6 is 0 Å². The Balaban J connectivity index is 2.43. The van der Waals surface area contributed by atoms with Gasteiger partial charge in [-0.3, -0.25) is 4.90 Å². The number of likely N-dealkylation sites (tertiary alicyclic amines) is 1. The van der Waals surface area contributed by atoms with Crippen LogP contribution in [0.1, 0.15) is 34.1 Å². The summed E-state index contributed by atoms with van der Waals surface area (Å²) >= 11 is 0. The van der Waals surface area contributed by atoms with Crippen LogP contribution < -0.4 is 0 Å². The van der Waals surface area contributed by atoms with Crippen molar-refractivity contribution in [3.05, 3.63) is 0 Å². The topological polar surface area (TPSA) is 23.5 Å². The van der Waals surface area contributed by atoms with Gasteiger partial charge < -0.3 is 5.11 Å². The molecule has 2 nitrogen and oxygen atoms in total. The molecular formula is C10H21NO. The van der Waals surface area contributed by atoms with Gasteiger partial charge in [0.05, 0.1) is 6.10 Å². The molecule has 1 aliphatic rings. The van der Waals surface area contributed by atoms with Crippen LogP contribution in [0, 0.1) is 5.41 Å². The summed E-state index contributed by atoms with van der Waals surface area (Å²) in [5, 5.41) is 9.43. The van der Waals surface area contributed by atoms with Crippen molar-refractivity contribution in [2.75, 3.05) is 13.1 Å². The highest BCUT2D eigenvalue weighted by Gasteiger charge is 2.29. The maximum absolute atomic E-state index is 9.43. The second kappa shape index (κ2) is 3.35. The maximum atomic E-state index is 9.43. The molecule has 1 N–H and O–H groups in total. The van der Waals surface area contributed by atoms with E-state index in [0.717, 1.165) is 19.5 Å². The molecule has 0 unspecified atom stereocenters. The van der Waals surface area contributed by atoms with Gasteiger partial charge in [0.1, 0.15) is 0 Å². The van der Waals surface area contributed by atoms with E-state index in [4.69, 9.17) is 0 Å². The molecule has 2 heteroatoms. The normalized spacial score (nSPS) is 32.8. The second-order valence-electron chi connectivity index (χ2n) is 5.23. The fourth-order valence-electron chi connectivity index (χ4n) is 1.90. The molecule has 2 atom stereocenters. The Kier molecular flexibility index (Phi) is 2.79. The fourth-order valence-corrected chi connectivity index (χ4v) is 1.90. The van der Waals surface area contributed by atoms with Gasteiger partial charge in [0.2, 0.25) is 0 Å². The Labute approximate surface area is 75.6 Å². The number of nitrogens with zero attached hydrogens (tertiary/aromatic N) is 1. The van der Waals surface area contributed by atoms with Crippen molar-refractivity contribution in [2.24, 2.45) is 5.41 Å². The SMILES string of the molecule is C[C@@H]1C[C@@H](O)CN1CC(C)(C)C. The molecule has 1 aliphatic heterocycles. The molecular weight excluding hydrogens is 150 g/mol. The molecule has 0 saturated carbocycles. The van der Waals surface area contributed by atoms with E-state index in [-0.39, 0.29) is 6.10 Å². The predicted molar refractivity (Wildman–Crippen MR) is 51.1 cm³/mol. The molecule has 1 saturated heterocycles. The minimum absolute atomic E-state index is 0.0950. The van der Waals surface area contributed by atoms with Crippen LogP contribution in [-0.4, -0.2) is 35.2 Å². The van der Waals surface area contributed by atoms with E-state index >= 15 is 0 Å². The zero-order valence-corrected chi connectivity index (χ0v) is 8.67. The second-order valence-corrected chi connectivity index (χ2v) is 5.23. The van der Waals surface area contributed by atoms with E-state index in [1.807, 2.05) is 0 Å². The Morgan fingerprint density at radius 1 is 1.42 bits per heavy atom. The van der Waals surface area contributed by atoms with Crippen molar-refractivity contribution >= 4 is 0 Å². The highest BCUT2D eigenvalue weighted by Crippen LogP contribution is 2.23. The summed E-state index contributed by atoms with van der Waals surface area (Å²) in [7, 11) is 0. The van der Waals surface area contributed by atoms with Gasteiger partial charge in [-0.2, -0.15) is 0 Å². The number of aliphatic hydroxyl groups is 1. The summed E-state index contributed by atoms with van der Waals surface area (Å²) in [6.45, 7) is 10.9. The van der Waals surface area contributed by atoms with Crippen LogP contribution in [0.4, 0.5) is 0 Å². The number of hydrogen-bond donors (Lipinski definition) is 1. The molecule has 1 fully saturated rings. The summed E-state index contributed by atoms with van der Waals surface area (Å²) in [5.74, 6) is 0. The van der Waals surface area contributed by atoms with Crippen molar-refractivity contribution < 1.29 is 5.11 Å². The lowest BCUT2D eigenvalue weighted by Gasteiger charge is -2.29. The van der Waals surface area contributed by atoms with Crippen molar-refractivity contribution in [3.8, 4) is 0 Å². The molecule has 0 aromatic carbocycles. The minimum Gasteiger partial charge on any atom is -0.392 e. The molecule has 1 rings (SSSR count). The average Bonchev–Trinajstić information content (AvgIpc) is 2.06. The van der Waals surface area contributed by atoms with Gasteiger partial charge in [0.15, 0.2) is 0 Å². The van der Waals surface area contributed by atoms with Crippen molar-refractivity contribution in [2.45, 2.75) is 46.3 Å². The minimum atomic E-state index is -0.0950. The predicted octanol–water partition coefficient (Wildman–Crippen LogP) is 1.49. The van der Waals surface area contributed by atoms with Gasteiger partial charge in [-0.1, -0.05) is 20.8 Å². The number of hydrogen-bond acceptors (Lipinski definition) is 2. The van der Waals surface area contributed by atoms with Crippen molar-refractivity contribution in [1.29, 1.82) is 0 Å². The molecule has 1 heterocycles. The summed E-state index contributed by atoms with van der Waals surface area (Å²) < 4.78 is 0. The Hall–Kier alpha value is -0.0800. The highest BCUT2D eigenvalue weighted by atomic mass is 16.3. The van der Waals surface area contributed by atoms with Gasteiger partial charge in [0, 0.05) is 19.1 Å². The summed E-state index contributed by atoms with van der Waals surface area (Å²) in [5.41, 5.74) is 0.346. The summed E-state index contributed by atoms with van der Waals surface area (Å²) in [4.78, 5) is 2.38. The van der Waals surface area contributed by atoms with Crippen LogP contribution in [0.5, 0.6) is 0 Å². The molecule has 0 aromatic rings. The van der Waals surface area contributed by atoms with Crippen LogP contribution in [0.2, 0.25) is 0 Å². The number of aliphatic hydroxyl groups excluding tert-OH is 1. The van der Waals surface area contributed by atoms with E-state index < -0.39 is 0 Å². The lowest BCUT2D eigenvalue weighted by Crippen LogP contribution is -2.35. The smallest absolute Gasteiger partial charge is 0.0682 e. The van der Waals surface area contributed by atoms with Crippen LogP contribution in [0.3, 0.4) is 0 Å². The van der Waals surface area contributed by atoms with E-state index in [1.54, 1.807) is 0 Å². The lowest BCUT2D eigenvalue weighted by atomic mass is 9.96. The van der Waals surface area contributed by atoms with Gasteiger partial charge >= 0.3 is 0 Å².